The molecule has 2 aromatic carbocycles. The minimum atomic E-state index is -1.04. The van der Waals surface area contributed by atoms with Crippen LogP contribution in [-0.4, -0.2) is 5.97 Å². The van der Waals surface area contributed by atoms with Gasteiger partial charge >= 0.3 is 11.6 Å². The number of fused-ring (bicyclic) bond motifs is 2. The lowest BCUT2D eigenvalue weighted by atomic mass is 10.1. The Bertz CT molecular complexity index is 1570. The van der Waals surface area contributed by atoms with Gasteiger partial charge in [0.2, 0.25) is 16.9 Å². The largest absolute Gasteiger partial charge is 0.461 e. The zero-order chi connectivity index (χ0) is 21.5. The summed E-state index contributed by atoms with van der Waals surface area (Å²) < 4.78 is 21.8. The third-order valence-corrected chi connectivity index (χ3v) is 4.81. The average Bonchev–Trinajstić information content (AvgIpc) is 3.30. The SMILES string of the molecule is Cc1ccc2oc(-c3ccco3)c(OC(=O)c3cc4ccccc4oc3=O)c(=O)c2c1. The summed E-state index contributed by atoms with van der Waals surface area (Å²) in [6.07, 6.45) is 1.40. The zero-order valence-corrected chi connectivity index (χ0v) is 16.2. The molecule has 0 atom stereocenters. The normalized spacial score (nSPS) is 11.1. The molecule has 31 heavy (non-hydrogen) atoms. The van der Waals surface area contributed by atoms with E-state index in [0.29, 0.717) is 16.6 Å². The van der Waals surface area contributed by atoms with Crippen molar-refractivity contribution in [2.75, 3.05) is 0 Å². The third kappa shape index (κ3) is 3.22. The van der Waals surface area contributed by atoms with Gasteiger partial charge in [0.1, 0.15) is 16.7 Å². The maximum absolute atomic E-state index is 13.2. The van der Waals surface area contributed by atoms with Gasteiger partial charge in [-0.25, -0.2) is 9.59 Å². The van der Waals surface area contributed by atoms with Crippen molar-refractivity contribution in [1.82, 2.24) is 0 Å². The molecule has 0 unspecified atom stereocenters. The summed E-state index contributed by atoms with van der Waals surface area (Å²) in [5, 5.41) is 0.783. The van der Waals surface area contributed by atoms with Crippen LogP contribution < -0.4 is 15.8 Å². The Morgan fingerprint density at radius 2 is 1.74 bits per heavy atom. The van der Waals surface area contributed by atoms with E-state index >= 15 is 0 Å². The van der Waals surface area contributed by atoms with Gasteiger partial charge in [0.15, 0.2) is 5.76 Å². The Hall–Kier alpha value is -4.39. The molecule has 0 spiro atoms. The van der Waals surface area contributed by atoms with E-state index in [4.69, 9.17) is 18.0 Å². The summed E-state index contributed by atoms with van der Waals surface area (Å²) in [7, 11) is 0. The highest BCUT2D eigenvalue weighted by atomic mass is 16.5. The van der Waals surface area contributed by atoms with Gasteiger partial charge in [-0.05, 0) is 43.3 Å². The molecule has 3 heterocycles. The molecule has 0 aliphatic rings. The Morgan fingerprint density at radius 1 is 0.903 bits per heavy atom. The Kier molecular flexibility index (Phi) is 4.29. The van der Waals surface area contributed by atoms with E-state index < -0.39 is 17.0 Å². The highest BCUT2D eigenvalue weighted by molar-refractivity contribution is 5.95. The number of benzene rings is 2. The van der Waals surface area contributed by atoms with Crippen LogP contribution in [0, 0.1) is 6.92 Å². The van der Waals surface area contributed by atoms with E-state index in [1.165, 1.54) is 12.3 Å². The second-order valence-electron chi connectivity index (χ2n) is 6.94. The molecule has 7 heteroatoms. The minimum Gasteiger partial charge on any atom is -0.461 e. The lowest BCUT2D eigenvalue weighted by Gasteiger charge is -2.09. The van der Waals surface area contributed by atoms with Gasteiger partial charge in [0.25, 0.3) is 0 Å². The Balaban J connectivity index is 1.68. The number of ether oxygens (including phenoxy) is 1. The number of carbonyl (C=O) groups is 1. The van der Waals surface area contributed by atoms with Crippen molar-refractivity contribution in [3.63, 3.8) is 0 Å². The molecule has 152 valence electrons. The molecule has 0 saturated heterocycles. The molecule has 0 aliphatic heterocycles. The Labute approximate surface area is 174 Å². The quantitative estimate of drug-likeness (QED) is 0.312. The molecule has 5 rings (SSSR count). The standard InChI is InChI=1S/C24H14O7/c1-13-8-9-18-15(11-13)20(25)22(21(29-18)19-7-4-10-28-19)31-24(27)16-12-14-5-2-3-6-17(14)30-23(16)26/h2-12H,1H3. The van der Waals surface area contributed by atoms with E-state index in [0.717, 1.165) is 5.56 Å². The summed E-state index contributed by atoms with van der Waals surface area (Å²) in [6, 6.07) is 16.4. The highest BCUT2D eigenvalue weighted by Gasteiger charge is 2.24. The highest BCUT2D eigenvalue weighted by Crippen LogP contribution is 2.32. The molecule has 0 amide bonds. The summed E-state index contributed by atoms with van der Waals surface area (Å²) in [5.41, 5.74) is -0.294. The van der Waals surface area contributed by atoms with Crippen molar-refractivity contribution in [3.05, 3.63) is 98.7 Å². The van der Waals surface area contributed by atoms with Gasteiger partial charge in [-0.1, -0.05) is 29.8 Å². The van der Waals surface area contributed by atoms with Crippen molar-refractivity contribution in [3.8, 4) is 17.3 Å². The van der Waals surface area contributed by atoms with Crippen LogP contribution in [0.25, 0.3) is 33.5 Å². The van der Waals surface area contributed by atoms with Crippen LogP contribution in [0.1, 0.15) is 15.9 Å². The van der Waals surface area contributed by atoms with E-state index in [9.17, 15) is 14.4 Å². The fourth-order valence-corrected chi connectivity index (χ4v) is 3.31. The first-order chi connectivity index (χ1) is 15.0. The number of carbonyl (C=O) groups excluding carboxylic acids is 1. The van der Waals surface area contributed by atoms with Crippen molar-refractivity contribution in [1.29, 1.82) is 0 Å². The van der Waals surface area contributed by atoms with E-state index in [2.05, 4.69) is 0 Å². The van der Waals surface area contributed by atoms with Crippen molar-refractivity contribution in [2.24, 2.45) is 0 Å². The van der Waals surface area contributed by atoms with Gasteiger partial charge in [0.05, 0.1) is 11.6 Å². The van der Waals surface area contributed by atoms with Crippen LogP contribution in [0.5, 0.6) is 5.75 Å². The van der Waals surface area contributed by atoms with Gasteiger partial charge in [-0.15, -0.1) is 0 Å². The number of rotatable bonds is 3. The molecule has 0 bridgehead atoms. The molecule has 5 aromatic rings. The van der Waals surface area contributed by atoms with Crippen LogP contribution >= 0.6 is 0 Å². The molecule has 0 radical (unpaired) electrons. The number of furan rings is 1. The Morgan fingerprint density at radius 3 is 2.55 bits per heavy atom. The summed E-state index contributed by atoms with van der Waals surface area (Å²) >= 11 is 0. The summed E-state index contributed by atoms with van der Waals surface area (Å²) in [4.78, 5) is 38.4. The second-order valence-corrected chi connectivity index (χ2v) is 6.94. The van der Waals surface area contributed by atoms with Crippen molar-refractivity contribution in [2.45, 2.75) is 6.92 Å². The van der Waals surface area contributed by atoms with E-state index in [1.54, 1.807) is 54.6 Å². The third-order valence-electron chi connectivity index (χ3n) is 4.81. The topological polar surface area (TPSA) is 99.9 Å². The molecule has 7 nitrogen and oxygen atoms in total. The smallest absolute Gasteiger partial charge is 0.351 e. The first-order valence-electron chi connectivity index (χ1n) is 9.38. The molecule has 0 N–H and O–H groups in total. The van der Waals surface area contributed by atoms with Crippen LogP contribution in [-0.2, 0) is 0 Å². The second kappa shape index (κ2) is 7.14. The van der Waals surface area contributed by atoms with Crippen LogP contribution in [0.4, 0.5) is 0 Å². The number of aryl methyl sites for hydroxylation is 1. The fourth-order valence-electron chi connectivity index (χ4n) is 3.31. The van der Waals surface area contributed by atoms with Gasteiger partial charge in [-0.3, -0.25) is 4.79 Å². The van der Waals surface area contributed by atoms with Crippen LogP contribution in [0.15, 0.2) is 89.8 Å². The lowest BCUT2D eigenvalue weighted by molar-refractivity contribution is 0.0727. The van der Waals surface area contributed by atoms with Crippen LogP contribution in [0.3, 0.4) is 0 Å². The molecular formula is C24H14O7. The number of hydrogen-bond donors (Lipinski definition) is 0. The number of esters is 1. The summed E-state index contributed by atoms with van der Waals surface area (Å²) in [5.74, 6) is -1.25. The molecule has 0 saturated carbocycles. The lowest BCUT2D eigenvalue weighted by Crippen LogP contribution is -2.22. The first kappa shape index (κ1) is 18.6. The molecule has 0 aliphatic carbocycles. The molecular weight excluding hydrogens is 400 g/mol. The van der Waals surface area contributed by atoms with Crippen molar-refractivity contribution >= 4 is 27.9 Å². The zero-order valence-electron chi connectivity index (χ0n) is 16.2. The number of para-hydroxylation sites is 1. The van der Waals surface area contributed by atoms with Crippen LogP contribution in [0.2, 0.25) is 0 Å². The fraction of sp³-hybridized carbons (Fsp3) is 0.0417. The van der Waals surface area contributed by atoms with E-state index in [-0.39, 0.29) is 28.2 Å². The minimum absolute atomic E-state index is 0.0510. The molecule has 0 fully saturated rings. The van der Waals surface area contributed by atoms with Gasteiger partial charge in [0, 0.05) is 5.39 Å². The van der Waals surface area contributed by atoms with E-state index in [1.807, 2.05) is 6.92 Å². The number of hydrogen-bond acceptors (Lipinski definition) is 7. The maximum Gasteiger partial charge on any atom is 0.351 e. The maximum atomic E-state index is 13.2. The predicted octanol–water partition coefficient (Wildman–Crippen LogP) is 4.69. The summed E-state index contributed by atoms with van der Waals surface area (Å²) in [6.45, 7) is 1.82. The van der Waals surface area contributed by atoms with Gasteiger partial charge < -0.3 is 18.0 Å². The monoisotopic (exact) mass is 414 g/mol. The molecule has 3 aromatic heterocycles. The predicted molar refractivity (Wildman–Crippen MR) is 112 cm³/mol. The average molecular weight is 414 g/mol. The van der Waals surface area contributed by atoms with Gasteiger partial charge in [-0.2, -0.15) is 0 Å². The van der Waals surface area contributed by atoms with Crippen molar-refractivity contribution < 1.29 is 22.8 Å². The first-order valence-corrected chi connectivity index (χ1v) is 9.38.